The molecular weight excluding hydrogens is 665 g/mol. The van der Waals surface area contributed by atoms with E-state index in [1.807, 2.05) is 0 Å². The van der Waals surface area contributed by atoms with Gasteiger partial charge >= 0.3 is 6.18 Å². The third kappa shape index (κ3) is 6.83. The minimum Gasteiger partial charge on any atom is -0.381 e. The highest BCUT2D eigenvalue weighted by Crippen LogP contribution is 2.60. The molecule has 0 radical (unpaired) electrons. The lowest BCUT2D eigenvalue weighted by molar-refractivity contribution is -0.141. The van der Waals surface area contributed by atoms with Gasteiger partial charge in [0.15, 0.2) is 11.5 Å². The Labute approximate surface area is 292 Å². The normalized spacial score (nSPS) is 22.8. The van der Waals surface area contributed by atoms with Gasteiger partial charge in [0, 0.05) is 41.4 Å². The van der Waals surface area contributed by atoms with Crippen molar-refractivity contribution in [3.05, 3.63) is 64.8 Å². The predicted octanol–water partition coefficient (Wildman–Crippen LogP) is 4.71. The third-order valence-corrected chi connectivity index (χ3v) is 10.4. The number of aromatic nitrogens is 6. The summed E-state index contributed by atoms with van der Waals surface area (Å²) in [6.45, 7) is 4.02. The minimum atomic E-state index is -4.66. The van der Waals surface area contributed by atoms with Crippen molar-refractivity contribution in [2.45, 2.75) is 96.4 Å². The fourth-order valence-corrected chi connectivity index (χ4v) is 7.60. The van der Waals surface area contributed by atoms with Crippen LogP contribution in [0.25, 0.3) is 22.2 Å². The van der Waals surface area contributed by atoms with Crippen LogP contribution in [-0.2, 0) is 39.9 Å². The molecule has 1 aliphatic carbocycles. The SMILES string of the molecule is Cc1ncc(-c2cc3c(C(N)=O)nn4c3c(n2)CCCCCCCOC[C@@]23C[C@@H](C(=O)Cc5nc(C(F)(F)F)ccc5C)N(C(=O)C4)[C@@H]2C3)cn1. The molecule has 2 N–H and O–H groups in total. The number of alkyl halides is 3. The lowest BCUT2D eigenvalue weighted by atomic mass is 9.95. The van der Waals surface area contributed by atoms with Gasteiger partial charge in [0.1, 0.15) is 18.1 Å². The van der Waals surface area contributed by atoms with Crippen molar-refractivity contribution < 1.29 is 32.3 Å². The maximum Gasteiger partial charge on any atom is 0.433 e. The van der Waals surface area contributed by atoms with E-state index in [4.69, 9.17) is 15.5 Å². The number of halogens is 3. The lowest BCUT2D eigenvalue weighted by Crippen LogP contribution is -2.45. The Bertz CT molecular complexity index is 2010. The summed E-state index contributed by atoms with van der Waals surface area (Å²) in [5.41, 5.74) is 7.13. The van der Waals surface area contributed by atoms with Gasteiger partial charge in [-0.2, -0.15) is 18.3 Å². The number of ether oxygens (including phenoxy) is 1. The van der Waals surface area contributed by atoms with Crippen LogP contribution in [0.3, 0.4) is 0 Å². The molecule has 3 aliphatic rings. The zero-order valence-corrected chi connectivity index (χ0v) is 28.5. The van der Waals surface area contributed by atoms with E-state index in [0.717, 1.165) is 38.2 Å². The van der Waals surface area contributed by atoms with Crippen molar-refractivity contribution in [3.63, 3.8) is 0 Å². The first kappa shape index (κ1) is 34.6. The van der Waals surface area contributed by atoms with Gasteiger partial charge in [0.05, 0.1) is 41.7 Å². The van der Waals surface area contributed by atoms with Crippen molar-refractivity contribution in [3.8, 4) is 11.3 Å². The number of aryl methyl sites for hydroxylation is 3. The molecule has 4 aromatic rings. The number of carbonyl (C=O) groups is 3. The number of carbonyl (C=O) groups excluding carboxylic acids is 3. The van der Waals surface area contributed by atoms with Crippen molar-refractivity contribution >= 4 is 28.5 Å². The number of piperidine rings is 1. The zero-order chi connectivity index (χ0) is 36.1. The Kier molecular flexibility index (Phi) is 9.10. The number of amides is 2. The van der Waals surface area contributed by atoms with E-state index in [2.05, 4.69) is 20.1 Å². The number of ketones is 1. The first-order valence-corrected chi connectivity index (χ1v) is 17.3. The standard InChI is InChI=1S/C36H39F3N8O4/c1-20-9-10-29(36(37,38)39)44-25(20)13-28(48)27-14-35-15-30(35)47(27)31(49)18-46-33-23(32(45-46)34(40)50)12-26(22-16-41-21(2)42-17-22)43-24(33)8-6-4-3-5-7-11-51-19-35/h9-10,12,16-17,27,30H,3-8,11,13-15,18-19H2,1-2H3,(H2,40,50)/t27-,30+,35-/m0/s1. The van der Waals surface area contributed by atoms with Crippen LogP contribution in [0.5, 0.6) is 0 Å². The Balaban J connectivity index is 1.27. The maximum absolute atomic E-state index is 14.4. The molecule has 0 aromatic carbocycles. The van der Waals surface area contributed by atoms with Gasteiger partial charge in [-0.25, -0.2) is 15.0 Å². The first-order chi connectivity index (χ1) is 24.3. The monoisotopic (exact) mass is 704 g/mol. The Morgan fingerprint density at radius 3 is 2.53 bits per heavy atom. The number of pyridine rings is 2. The summed E-state index contributed by atoms with van der Waals surface area (Å²) in [6.07, 6.45) is 4.40. The third-order valence-electron chi connectivity index (χ3n) is 10.4. The molecule has 2 aliphatic heterocycles. The molecule has 4 aromatic heterocycles. The highest BCUT2D eigenvalue weighted by Gasteiger charge is 2.67. The number of Topliss-reactive ketones (excluding diaryl/α,β-unsaturated/α-hetero) is 1. The van der Waals surface area contributed by atoms with Gasteiger partial charge in [-0.15, -0.1) is 0 Å². The van der Waals surface area contributed by atoms with Crippen LogP contribution in [0.15, 0.2) is 30.6 Å². The first-order valence-electron chi connectivity index (χ1n) is 17.3. The molecule has 6 heterocycles. The van der Waals surface area contributed by atoms with Crippen LogP contribution < -0.4 is 5.73 Å². The number of hydrogen-bond acceptors (Lipinski definition) is 9. The van der Waals surface area contributed by atoms with Crippen LogP contribution >= 0.6 is 0 Å². The van der Waals surface area contributed by atoms with Crippen LogP contribution in [0.2, 0.25) is 0 Å². The van der Waals surface area contributed by atoms with E-state index in [9.17, 15) is 27.6 Å². The fourth-order valence-electron chi connectivity index (χ4n) is 7.60. The molecule has 1 saturated carbocycles. The van der Waals surface area contributed by atoms with Crippen LogP contribution in [0.1, 0.15) is 83.9 Å². The van der Waals surface area contributed by atoms with E-state index >= 15 is 0 Å². The number of hydrogen-bond donors (Lipinski definition) is 1. The topological polar surface area (TPSA) is 159 Å². The molecule has 2 fully saturated rings. The van der Waals surface area contributed by atoms with Crippen LogP contribution in [0, 0.1) is 19.3 Å². The molecule has 268 valence electrons. The molecular formula is C36H39F3N8O4. The molecule has 7 rings (SSSR count). The smallest absolute Gasteiger partial charge is 0.381 e. The average Bonchev–Trinajstić information content (AvgIpc) is 3.48. The molecule has 0 unspecified atom stereocenters. The summed E-state index contributed by atoms with van der Waals surface area (Å²) in [5, 5.41) is 4.98. The van der Waals surface area contributed by atoms with Crippen molar-refractivity contribution in [1.29, 1.82) is 0 Å². The molecule has 0 spiro atoms. The van der Waals surface area contributed by atoms with Gasteiger partial charge < -0.3 is 15.4 Å². The molecule has 1 saturated heterocycles. The molecule has 3 atom stereocenters. The van der Waals surface area contributed by atoms with Crippen LogP contribution in [0.4, 0.5) is 13.2 Å². The average molecular weight is 705 g/mol. The number of primary amides is 1. The van der Waals surface area contributed by atoms with Crippen molar-refractivity contribution in [2.75, 3.05) is 13.2 Å². The second-order valence-electron chi connectivity index (χ2n) is 14.0. The Morgan fingerprint density at radius 1 is 1.04 bits per heavy atom. The molecule has 12 nitrogen and oxygen atoms in total. The molecule has 2 bridgehead atoms. The number of nitrogens with two attached hydrogens (primary N) is 1. The number of rotatable bonds is 5. The van der Waals surface area contributed by atoms with Gasteiger partial charge in [-0.05, 0) is 63.6 Å². The highest BCUT2D eigenvalue weighted by molar-refractivity contribution is 6.05. The summed E-state index contributed by atoms with van der Waals surface area (Å²) in [4.78, 5) is 60.0. The second kappa shape index (κ2) is 13.4. The lowest BCUT2D eigenvalue weighted by Gasteiger charge is -2.27. The summed E-state index contributed by atoms with van der Waals surface area (Å²) >= 11 is 0. The Morgan fingerprint density at radius 2 is 1.78 bits per heavy atom. The van der Waals surface area contributed by atoms with E-state index in [-0.39, 0.29) is 30.4 Å². The summed E-state index contributed by atoms with van der Waals surface area (Å²) in [7, 11) is 0. The van der Waals surface area contributed by atoms with E-state index in [0.29, 0.717) is 71.7 Å². The summed E-state index contributed by atoms with van der Waals surface area (Å²) in [6, 6.07) is 2.73. The van der Waals surface area contributed by atoms with E-state index in [1.54, 1.807) is 37.2 Å². The largest absolute Gasteiger partial charge is 0.433 e. The highest BCUT2D eigenvalue weighted by atomic mass is 19.4. The second-order valence-corrected chi connectivity index (χ2v) is 14.0. The summed E-state index contributed by atoms with van der Waals surface area (Å²) < 4.78 is 48.0. The molecule has 51 heavy (non-hydrogen) atoms. The minimum absolute atomic E-state index is 0.0144. The fraction of sp³-hybridized carbons (Fsp3) is 0.500. The summed E-state index contributed by atoms with van der Waals surface area (Å²) in [5.74, 6) is -0.973. The van der Waals surface area contributed by atoms with E-state index in [1.165, 1.54) is 10.7 Å². The Hall–Kier alpha value is -4.79. The van der Waals surface area contributed by atoms with E-state index < -0.39 is 40.9 Å². The van der Waals surface area contributed by atoms with Gasteiger partial charge in [-0.1, -0.05) is 25.3 Å². The van der Waals surface area contributed by atoms with Crippen molar-refractivity contribution in [1.82, 2.24) is 34.6 Å². The molecule has 15 heteroatoms. The quantitative estimate of drug-likeness (QED) is 0.311. The number of nitrogens with zero attached hydrogens (tertiary/aromatic N) is 7. The zero-order valence-electron chi connectivity index (χ0n) is 28.5. The van der Waals surface area contributed by atoms with Crippen LogP contribution in [-0.4, -0.2) is 77.5 Å². The van der Waals surface area contributed by atoms with Crippen molar-refractivity contribution in [2.24, 2.45) is 11.1 Å². The maximum atomic E-state index is 14.4. The van der Waals surface area contributed by atoms with Gasteiger partial charge in [0.2, 0.25) is 5.91 Å². The predicted molar refractivity (Wildman–Crippen MR) is 178 cm³/mol. The van der Waals surface area contributed by atoms with Gasteiger partial charge in [-0.3, -0.25) is 24.0 Å². The van der Waals surface area contributed by atoms with Gasteiger partial charge in [0.25, 0.3) is 5.91 Å². The molecule has 2 amide bonds.